The third-order valence-corrected chi connectivity index (χ3v) is 5.41. The van der Waals surface area contributed by atoms with E-state index in [2.05, 4.69) is 21.3 Å². The number of rotatable bonds is 3. The van der Waals surface area contributed by atoms with E-state index in [0.717, 1.165) is 34.7 Å². The molecule has 5 heteroatoms. The number of amides is 1. The molecule has 3 atom stereocenters. The maximum Gasteiger partial charge on any atom is 0.224 e. The van der Waals surface area contributed by atoms with Crippen LogP contribution in [-0.4, -0.2) is 41.5 Å². The lowest BCUT2D eigenvalue weighted by molar-refractivity contribution is -0.121. The third-order valence-electron chi connectivity index (χ3n) is 4.56. The van der Waals surface area contributed by atoms with Crippen molar-refractivity contribution in [1.29, 1.82) is 0 Å². The zero-order valence-electron chi connectivity index (χ0n) is 11.9. The van der Waals surface area contributed by atoms with Crippen LogP contribution in [0.5, 0.6) is 0 Å². The van der Waals surface area contributed by atoms with Crippen molar-refractivity contribution in [2.24, 2.45) is 5.92 Å². The minimum Gasteiger partial charge on any atom is -0.352 e. The fourth-order valence-corrected chi connectivity index (χ4v) is 4.42. The van der Waals surface area contributed by atoms with E-state index < -0.39 is 0 Å². The summed E-state index contributed by atoms with van der Waals surface area (Å²) in [5.74, 6) is 0.911. The van der Waals surface area contributed by atoms with Crippen molar-refractivity contribution >= 4 is 27.5 Å². The van der Waals surface area contributed by atoms with Crippen molar-refractivity contribution in [2.45, 2.75) is 25.3 Å². The van der Waals surface area contributed by atoms with Gasteiger partial charge in [0.2, 0.25) is 5.91 Å². The summed E-state index contributed by atoms with van der Waals surface area (Å²) in [5.41, 5.74) is 2.02. The number of carbonyl (C=O) groups is 1. The van der Waals surface area contributed by atoms with E-state index in [0.29, 0.717) is 12.5 Å². The third kappa shape index (κ3) is 2.80. The Morgan fingerprint density at radius 1 is 1.48 bits per heavy atom. The van der Waals surface area contributed by atoms with Gasteiger partial charge < -0.3 is 10.2 Å². The molecule has 0 radical (unpaired) electrons. The fourth-order valence-electron chi connectivity index (χ4n) is 3.61. The van der Waals surface area contributed by atoms with E-state index in [1.165, 1.54) is 19.5 Å². The van der Waals surface area contributed by atoms with Crippen molar-refractivity contribution in [3.8, 4) is 0 Å². The molecule has 0 aliphatic carbocycles. The van der Waals surface area contributed by atoms with Crippen LogP contribution in [0.3, 0.4) is 0 Å². The zero-order valence-corrected chi connectivity index (χ0v) is 12.7. The molecule has 2 aromatic rings. The van der Waals surface area contributed by atoms with Crippen molar-refractivity contribution in [3.05, 3.63) is 29.3 Å². The second-order valence-corrected chi connectivity index (χ2v) is 7.19. The maximum atomic E-state index is 12.2. The molecule has 1 N–H and O–H groups in total. The molecule has 0 saturated carbocycles. The molecule has 2 bridgehead atoms. The number of nitrogens with one attached hydrogen (secondary N) is 1. The summed E-state index contributed by atoms with van der Waals surface area (Å²) in [6, 6.07) is 4.42. The normalized spacial score (nSPS) is 27.9. The molecule has 1 unspecified atom stereocenters. The fraction of sp³-hybridized carbons (Fsp3) is 0.500. The van der Waals surface area contributed by atoms with Crippen LogP contribution in [-0.2, 0) is 11.2 Å². The Morgan fingerprint density at radius 3 is 3.33 bits per heavy atom. The monoisotopic (exact) mass is 301 g/mol. The summed E-state index contributed by atoms with van der Waals surface area (Å²) < 4.78 is 1.15. The van der Waals surface area contributed by atoms with Gasteiger partial charge >= 0.3 is 0 Å². The summed E-state index contributed by atoms with van der Waals surface area (Å²) in [6.07, 6.45) is 4.69. The molecule has 4 rings (SSSR count). The predicted molar refractivity (Wildman–Crippen MR) is 84.4 cm³/mol. The van der Waals surface area contributed by atoms with Gasteiger partial charge in [-0.1, -0.05) is 0 Å². The number of hydrogen-bond donors (Lipinski definition) is 1. The number of hydrogen-bond acceptors (Lipinski definition) is 4. The van der Waals surface area contributed by atoms with E-state index in [4.69, 9.17) is 0 Å². The van der Waals surface area contributed by atoms with Crippen LogP contribution in [0.2, 0.25) is 0 Å². The Kier molecular flexibility index (Phi) is 3.39. The highest BCUT2D eigenvalue weighted by Gasteiger charge is 2.32. The quantitative estimate of drug-likeness (QED) is 0.944. The van der Waals surface area contributed by atoms with Gasteiger partial charge in [-0.25, -0.2) is 0 Å². The van der Waals surface area contributed by atoms with Gasteiger partial charge in [0.1, 0.15) is 0 Å². The minimum atomic E-state index is 0.125. The van der Waals surface area contributed by atoms with Crippen molar-refractivity contribution in [3.63, 3.8) is 0 Å². The highest BCUT2D eigenvalue weighted by atomic mass is 32.1. The van der Waals surface area contributed by atoms with Gasteiger partial charge in [0.05, 0.1) is 16.6 Å². The lowest BCUT2D eigenvalue weighted by atomic mass is 9.96. The van der Waals surface area contributed by atoms with E-state index in [1.54, 1.807) is 11.3 Å². The summed E-state index contributed by atoms with van der Waals surface area (Å²) in [5, 5.41) is 5.24. The van der Waals surface area contributed by atoms with Gasteiger partial charge in [0.25, 0.3) is 0 Å². The average molecular weight is 301 g/mol. The van der Waals surface area contributed by atoms with Crippen molar-refractivity contribution < 1.29 is 4.79 Å². The van der Waals surface area contributed by atoms with Crippen molar-refractivity contribution in [2.75, 3.05) is 19.6 Å². The highest BCUT2D eigenvalue weighted by molar-refractivity contribution is 7.17. The first-order valence-electron chi connectivity index (χ1n) is 7.60. The molecule has 4 heterocycles. The maximum absolute atomic E-state index is 12.2. The number of fused-ring (bicyclic) bond motifs is 3. The average Bonchev–Trinajstić information content (AvgIpc) is 3.04. The molecule has 2 saturated heterocycles. The molecular weight excluding hydrogens is 282 g/mol. The lowest BCUT2D eigenvalue weighted by Gasteiger charge is -2.30. The van der Waals surface area contributed by atoms with Gasteiger partial charge in [-0.2, -0.15) is 0 Å². The summed E-state index contributed by atoms with van der Waals surface area (Å²) in [6.45, 7) is 3.45. The van der Waals surface area contributed by atoms with Gasteiger partial charge in [-0.15, -0.1) is 11.3 Å². The SMILES string of the molecule is O=C(Cc1cnc2ccsc2c1)N[C@@H]1C[C@H]2CCN(C2)C1. The topological polar surface area (TPSA) is 45.2 Å². The Hall–Kier alpha value is -1.46. The Balaban J connectivity index is 1.39. The van der Waals surface area contributed by atoms with Gasteiger partial charge in [0, 0.05) is 25.3 Å². The smallest absolute Gasteiger partial charge is 0.224 e. The highest BCUT2D eigenvalue weighted by Crippen LogP contribution is 2.26. The molecule has 2 aliphatic heterocycles. The lowest BCUT2D eigenvalue weighted by Crippen LogP contribution is -2.47. The molecule has 1 amide bonds. The first-order valence-corrected chi connectivity index (χ1v) is 8.48. The Bertz CT molecular complexity index is 656. The van der Waals surface area contributed by atoms with E-state index in [1.807, 2.05) is 17.6 Å². The van der Waals surface area contributed by atoms with Crippen molar-refractivity contribution in [1.82, 2.24) is 15.2 Å². The van der Waals surface area contributed by atoms with Crippen LogP contribution >= 0.6 is 11.3 Å². The molecular formula is C16H19N3OS. The largest absolute Gasteiger partial charge is 0.352 e. The molecule has 4 nitrogen and oxygen atoms in total. The zero-order chi connectivity index (χ0) is 14.2. The molecule has 2 aliphatic rings. The van der Waals surface area contributed by atoms with E-state index in [9.17, 15) is 4.79 Å². The number of nitrogens with zero attached hydrogens (tertiary/aromatic N) is 2. The van der Waals surface area contributed by atoms with Gasteiger partial charge in [-0.05, 0) is 48.4 Å². The second-order valence-electron chi connectivity index (χ2n) is 6.24. The number of pyridine rings is 1. The van der Waals surface area contributed by atoms with Crippen LogP contribution in [0.25, 0.3) is 10.2 Å². The molecule has 2 fully saturated rings. The van der Waals surface area contributed by atoms with Crippen LogP contribution in [0.1, 0.15) is 18.4 Å². The minimum absolute atomic E-state index is 0.125. The Labute approximate surface area is 128 Å². The number of piperidine rings is 1. The first kappa shape index (κ1) is 13.2. The summed E-state index contributed by atoms with van der Waals surface area (Å²) in [4.78, 5) is 19.1. The van der Waals surface area contributed by atoms with Gasteiger partial charge in [-0.3, -0.25) is 9.78 Å². The van der Waals surface area contributed by atoms with Gasteiger partial charge in [0.15, 0.2) is 0 Å². The number of thiophene rings is 1. The first-order chi connectivity index (χ1) is 10.3. The number of carbonyl (C=O) groups excluding carboxylic acids is 1. The molecule has 0 aromatic carbocycles. The standard InChI is InChI=1S/C16H19N3OS/c20-16(18-13-5-11-1-3-19(9-11)10-13)7-12-6-15-14(17-8-12)2-4-21-15/h2,4,6,8,11,13H,1,3,5,7,9-10H2,(H,18,20)/t11-,13-/m1/s1. The van der Waals surface area contributed by atoms with E-state index in [-0.39, 0.29) is 5.91 Å². The molecule has 21 heavy (non-hydrogen) atoms. The van der Waals surface area contributed by atoms with Crippen LogP contribution in [0.15, 0.2) is 23.7 Å². The van der Waals surface area contributed by atoms with Crippen LogP contribution < -0.4 is 5.32 Å². The summed E-state index contributed by atoms with van der Waals surface area (Å²) in [7, 11) is 0. The molecule has 2 aromatic heterocycles. The van der Waals surface area contributed by atoms with E-state index >= 15 is 0 Å². The molecule has 0 spiro atoms. The van der Waals surface area contributed by atoms with Crippen LogP contribution in [0, 0.1) is 5.92 Å². The summed E-state index contributed by atoms with van der Waals surface area (Å²) >= 11 is 1.67. The second kappa shape index (κ2) is 5.39. The predicted octanol–water partition coefficient (Wildman–Crippen LogP) is 2.05. The van der Waals surface area contributed by atoms with Crippen LogP contribution in [0.4, 0.5) is 0 Å². The Morgan fingerprint density at radius 2 is 2.43 bits per heavy atom. The molecule has 110 valence electrons. The number of aromatic nitrogens is 1.